The van der Waals surface area contributed by atoms with Crippen LogP contribution in [0.2, 0.25) is 0 Å². The highest BCUT2D eigenvalue weighted by Crippen LogP contribution is 2.65. The Morgan fingerprint density at radius 1 is 1.24 bits per heavy atom. The molecule has 21 heavy (non-hydrogen) atoms. The molecule has 1 aromatic rings. The molecule has 3 saturated carbocycles. The average molecular weight is 349 g/mol. The van der Waals surface area contributed by atoms with E-state index in [1.165, 1.54) is 37.8 Å². The van der Waals surface area contributed by atoms with Gasteiger partial charge in [-0.3, -0.25) is 5.32 Å². The zero-order chi connectivity index (χ0) is 14.8. The quantitative estimate of drug-likeness (QED) is 0.419. The lowest BCUT2D eigenvalue weighted by atomic mass is 9.77. The van der Waals surface area contributed by atoms with Crippen molar-refractivity contribution in [2.24, 2.45) is 5.92 Å². The van der Waals surface area contributed by atoms with E-state index in [1.54, 1.807) is 0 Å². The van der Waals surface area contributed by atoms with Crippen LogP contribution in [0, 0.1) is 17.6 Å². The van der Waals surface area contributed by atoms with Gasteiger partial charge in [0.25, 0.3) is 0 Å². The number of nitrogens with one attached hydrogen (secondary N) is 3. The SMILES string of the molecule is Fc1cc2c(cc1F)S(S)(S)NC(NC13CCC(C1)C3)N2. The van der Waals surface area contributed by atoms with Crippen LogP contribution in [0.1, 0.15) is 25.7 Å². The van der Waals surface area contributed by atoms with Crippen LogP contribution in [0.5, 0.6) is 0 Å². The first kappa shape index (κ1) is 14.4. The fourth-order valence-electron chi connectivity index (χ4n) is 3.79. The van der Waals surface area contributed by atoms with Crippen molar-refractivity contribution in [3.8, 4) is 0 Å². The lowest BCUT2D eigenvalue weighted by Crippen LogP contribution is -2.61. The van der Waals surface area contributed by atoms with Gasteiger partial charge in [0.15, 0.2) is 11.6 Å². The highest BCUT2D eigenvalue weighted by Gasteiger charge is 2.51. The summed E-state index contributed by atoms with van der Waals surface area (Å²) in [4.78, 5) is 0.571. The Morgan fingerprint density at radius 2 is 1.95 bits per heavy atom. The van der Waals surface area contributed by atoms with Gasteiger partial charge >= 0.3 is 0 Å². The summed E-state index contributed by atoms with van der Waals surface area (Å²) in [6.07, 6.45) is 4.60. The summed E-state index contributed by atoms with van der Waals surface area (Å²) < 4.78 is 30.2. The number of fused-ring (bicyclic) bond motifs is 2. The minimum atomic E-state index is -1.97. The molecule has 3 N–H and O–H groups in total. The third-order valence-corrected chi connectivity index (χ3v) is 8.08. The molecule has 1 heterocycles. The van der Waals surface area contributed by atoms with Gasteiger partial charge in [-0.1, -0.05) is 8.28 Å². The molecule has 1 aromatic carbocycles. The Kier molecular flexibility index (Phi) is 3.21. The minimum absolute atomic E-state index is 0.183. The molecule has 116 valence electrons. The van der Waals surface area contributed by atoms with E-state index in [-0.39, 0.29) is 11.8 Å². The van der Waals surface area contributed by atoms with Crippen LogP contribution in [-0.2, 0) is 0 Å². The Balaban J connectivity index is 1.61. The maximum absolute atomic E-state index is 13.5. The van der Waals surface area contributed by atoms with E-state index in [4.69, 9.17) is 0 Å². The highest BCUT2D eigenvalue weighted by atomic mass is 33.5. The van der Waals surface area contributed by atoms with Crippen LogP contribution in [-0.4, -0.2) is 11.8 Å². The number of halogens is 2. The number of hydrogen-bond acceptors (Lipinski definition) is 5. The first-order valence-corrected chi connectivity index (χ1v) is 10.7. The summed E-state index contributed by atoms with van der Waals surface area (Å²) in [5, 5.41) is 6.77. The zero-order valence-corrected chi connectivity index (χ0v) is 13.8. The monoisotopic (exact) mass is 349 g/mol. The number of rotatable bonds is 2. The highest BCUT2D eigenvalue weighted by molar-refractivity contribution is 9.17. The molecule has 1 aliphatic heterocycles. The molecule has 2 bridgehead atoms. The van der Waals surface area contributed by atoms with Gasteiger partial charge in [-0.25, -0.2) is 13.5 Å². The second-order valence-electron chi connectivity index (χ2n) is 6.24. The van der Waals surface area contributed by atoms with Crippen molar-refractivity contribution >= 4 is 37.3 Å². The third-order valence-electron chi connectivity index (χ3n) is 4.75. The Hall–Kier alpha value is -0.150. The van der Waals surface area contributed by atoms with Crippen LogP contribution in [0.15, 0.2) is 17.0 Å². The predicted octanol–water partition coefficient (Wildman–Crippen LogP) is 3.56. The van der Waals surface area contributed by atoms with Crippen LogP contribution in [0.25, 0.3) is 0 Å². The summed E-state index contributed by atoms with van der Waals surface area (Å²) in [5.41, 5.74) is 0.734. The smallest absolute Gasteiger partial charge is 0.160 e. The molecule has 8 heteroatoms. The normalized spacial score (nSPS) is 37.3. The molecule has 0 aromatic heterocycles. The maximum Gasteiger partial charge on any atom is 0.160 e. The van der Waals surface area contributed by atoms with Gasteiger partial charge in [0.1, 0.15) is 6.29 Å². The standard InChI is InChI=1S/C13H17F2N3S3/c14-8-3-10-11(4-9(8)15)21(19,20)18-12(16-10)17-13-2-1-7(5-13)6-13/h3-4,7,12,16-20H,1-2,5-6H2. The van der Waals surface area contributed by atoms with E-state index in [1.807, 2.05) is 0 Å². The second kappa shape index (κ2) is 4.67. The Morgan fingerprint density at radius 3 is 2.62 bits per heavy atom. The Bertz CT molecular complexity index is 599. The topological polar surface area (TPSA) is 36.1 Å². The molecule has 4 aliphatic rings. The number of anilines is 1. The van der Waals surface area contributed by atoms with Crippen molar-refractivity contribution in [2.75, 3.05) is 5.32 Å². The number of thiol groups is 2. The van der Waals surface area contributed by atoms with E-state index in [2.05, 4.69) is 38.7 Å². The summed E-state index contributed by atoms with van der Waals surface area (Å²) in [6, 6.07) is 2.35. The van der Waals surface area contributed by atoms with Crippen molar-refractivity contribution in [2.45, 2.75) is 42.4 Å². The summed E-state index contributed by atoms with van der Waals surface area (Å²) in [5.74, 6) is -0.884. The minimum Gasteiger partial charge on any atom is -0.356 e. The van der Waals surface area contributed by atoms with E-state index in [0.29, 0.717) is 10.6 Å². The first-order valence-electron chi connectivity index (χ1n) is 6.96. The summed E-state index contributed by atoms with van der Waals surface area (Å²) >= 11 is 9.08. The molecule has 5 rings (SSSR count). The van der Waals surface area contributed by atoms with Crippen molar-refractivity contribution in [3.63, 3.8) is 0 Å². The molecule has 1 unspecified atom stereocenters. The number of benzene rings is 1. The molecule has 0 radical (unpaired) electrons. The van der Waals surface area contributed by atoms with Gasteiger partial charge in [0.2, 0.25) is 0 Å². The van der Waals surface area contributed by atoms with Crippen molar-refractivity contribution in [1.82, 2.24) is 10.0 Å². The molecule has 3 nitrogen and oxygen atoms in total. The van der Waals surface area contributed by atoms with Gasteiger partial charge < -0.3 is 5.32 Å². The van der Waals surface area contributed by atoms with Gasteiger partial charge in [-0.2, -0.15) is 0 Å². The maximum atomic E-state index is 13.5. The third kappa shape index (κ3) is 2.35. The van der Waals surface area contributed by atoms with Gasteiger partial charge in [0.05, 0.1) is 5.69 Å². The van der Waals surface area contributed by atoms with Gasteiger partial charge in [-0.05, 0) is 37.7 Å². The van der Waals surface area contributed by atoms with Crippen molar-refractivity contribution < 1.29 is 8.78 Å². The van der Waals surface area contributed by atoms with E-state index >= 15 is 0 Å². The zero-order valence-electron chi connectivity index (χ0n) is 11.2. The fraction of sp³-hybridized carbons (Fsp3) is 0.538. The van der Waals surface area contributed by atoms with Crippen LogP contribution < -0.4 is 15.4 Å². The summed E-state index contributed by atoms with van der Waals surface area (Å²) in [7, 11) is -1.97. The van der Waals surface area contributed by atoms with E-state index in [9.17, 15) is 8.78 Å². The number of hydrogen-bond donors (Lipinski definition) is 5. The Labute approximate surface area is 133 Å². The first-order chi connectivity index (χ1) is 9.87. The molecule has 0 amide bonds. The predicted molar refractivity (Wildman–Crippen MR) is 88.6 cm³/mol. The van der Waals surface area contributed by atoms with E-state index in [0.717, 1.165) is 5.92 Å². The fourth-order valence-corrected chi connectivity index (χ4v) is 6.59. The van der Waals surface area contributed by atoms with Crippen molar-refractivity contribution in [3.05, 3.63) is 23.8 Å². The molecular weight excluding hydrogens is 332 g/mol. The van der Waals surface area contributed by atoms with Crippen molar-refractivity contribution in [1.29, 1.82) is 0 Å². The largest absolute Gasteiger partial charge is 0.356 e. The average Bonchev–Trinajstić information content (AvgIpc) is 2.91. The summed E-state index contributed by atoms with van der Waals surface area (Å²) in [6.45, 7) is 0. The molecule has 0 saturated heterocycles. The molecule has 1 atom stereocenters. The van der Waals surface area contributed by atoms with Gasteiger partial charge in [-0.15, -0.1) is 23.3 Å². The second-order valence-corrected chi connectivity index (χ2v) is 12.2. The molecule has 3 aliphatic carbocycles. The molecular formula is C13H17F2N3S3. The molecule has 0 spiro atoms. The van der Waals surface area contributed by atoms with Crippen LogP contribution in [0.3, 0.4) is 0 Å². The van der Waals surface area contributed by atoms with Gasteiger partial charge in [0, 0.05) is 16.5 Å². The van der Waals surface area contributed by atoms with E-state index < -0.39 is 19.9 Å². The lowest BCUT2D eigenvalue weighted by molar-refractivity contribution is 0.172. The van der Waals surface area contributed by atoms with Crippen LogP contribution >= 0.6 is 31.6 Å². The molecule has 3 fully saturated rings. The lowest BCUT2D eigenvalue weighted by Gasteiger charge is -2.47. The van der Waals surface area contributed by atoms with Crippen LogP contribution in [0.4, 0.5) is 14.5 Å².